The standard InChI is InChI=1S/C24H26F4N2O2/c1-15-10-19(12-20(26)23(15)29-22(31)11-16-13-24(27,28)14-16)30-7-6-21(32-9-8-30)17-2-4-18(25)5-3-17/h2-5,10,12,16,21H,6-9,11,13-14H2,1H3,(H,29,31)/t21-/m0/s1. The molecule has 0 bridgehead atoms. The van der Waals surface area contributed by atoms with Crippen LogP contribution in [0.3, 0.4) is 0 Å². The average molecular weight is 450 g/mol. The van der Waals surface area contributed by atoms with Crippen LogP contribution in [0.15, 0.2) is 36.4 Å². The van der Waals surface area contributed by atoms with E-state index in [4.69, 9.17) is 4.74 Å². The molecule has 0 unspecified atom stereocenters. The van der Waals surface area contributed by atoms with Gasteiger partial charge < -0.3 is 15.0 Å². The number of aryl methyl sites for hydroxylation is 1. The van der Waals surface area contributed by atoms with Gasteiger partial charge in [0.05, 0.1) is 18.4 Å². The van der Waals surface area contributed by atoms with Gasteiger partial charge in [-0.3, -0.25) is 4.79 Å². The molecule has 1 amide bonds. The minimum atomic E-state index is -2.68. The molecule has 1 aliphatic carbocycles. The quantitative estimate of drug-likeness (QED) is 0.602. The fourth-order valence-electron chi connectivity index (χ4n) is 4.42. The highest BCUT2D eigenvalue weighted by Crippen LogP contribution is 2.44. The summed E-state index contributed by atoms with van der Waals surface area (Å²) in [5, 5.41) is 2.55. The molecule has 0 aromatic heterocycles. The Bertz CT molecular complexity index is 949. The summed E-state index contributed by atoms with van der Waals surface area (Å²) in [6.45, 7) is 3.34. The molecule has 2 aromatic carbocycles. The molecule has 2 fully saturated rings. The number of rotatable bonds is 5. The van der Waals surface area contributed by atoms with Crippen molar-refractivity contribution in [3.63, 3.8) is 0 Å². The van der Waals surface area contributed by atoms with Gasteiger partial charge in [0, 0.05) is 38.0 Å². The van der Waals surface area contributed by atoms with Crippen LogP contribution in [0.4, 0.5) is 28.9 Å². The Kier molecular flexibility index (Phi) is 6.42. The molecule has 2 aromatic rings. The van der Waals surface area contributed by atoms with E-state index in [2.05, 4.69) is 5.32 Å². The van der Waals surface area contributed by atoms with E-state index >= 15 is 0 Å². The minimum Gasteiger partial charge on any atom is -0.372 e. The molecular weight excluding hydrogens is 424 g/mol. The van der Waals surface area contributed by atoms with E-state index in [-0.39, 0.29) is 42.8 Å². The van der Waals surface area contributed by atoms with Crippen LogP contribution in [0.1, 0.15) is 42.9 Å². The third kappa shape index (κ3) is 5.23. The number of carbonyl (C=O) groups is 1. The zero-order valence-corrected chi connectivity index (χ0v) is 17.8. The lowest BCUT2D eigenvalue weighted by atomic mass is 9.79. The number of hydrogen-bond acceptors (Lipinski definition) is 3. The van der Waals surface area contributed by atoms with Crippen molar-refractivity contribution in [2.45, 2.75) is 44.6 Å². The van der Waals surface area contributed by atoms with Crippen LogP contribution >= 0.6 is 0 Å². The maximum Gasteiger partial charge on any atom is 0.248 e. The number of hydrogen-bond donors (Lipinski definition) is 1. The summed E-state index contributed by atoms with van der Waals surface area (Å²) in [7, 11) is 0. The molecular formula is C24H26F4N2O2. The van der Waals surface area contributed by atoms with Crippen LogP contribution < -0.4 is 10.2 Å². The van der Waals surface area contributed by atoms with Gasteiger partial charge in [0.2, 0.25) is 11.8 Å². The van der Waals surface area contributed by atoms with Gasteiger partial charge in [-0.05, 0) is 54.7 Å². The zero-order valence-electron chi connectivity index (χ0n) is 17.8. The van der Waals surface area contributed by atoms with E-state index < -0.39 is 17.6 Å². The second kappa shape index (κ2) is 9.10. The second-order valence-corrected chi connectivity index (χ2v) is 8.69. The number of nitrogens with zero attached hydrogens (tertiary/aromatic N) is 1. The smallest absolute Gasteiger partial charge is 0.248 e. The second-order valence-electron chi connectivity index (χ2n) is 8.69. The molecule has 32 heavy (non-hydrogen) atoms. The van der Waals surface area contributed by atoms with Gasteiger partial charge in [-0.15, -0.1) is 0 Å². The lowest BCUT2D eigenvalue weighted by Gasteiger charge is -2.34. The summed E-state index contributed by atoms with van der Waals surface area (Å²) in [5.41, 5.74) is 2.23. The molecule has 0 radical (unpaired) electrons. The summed E-state index contributed by atoms with van der Waals surface area (Å²) < 4.78 is 59.9. The molecule has 4 nitrogen and oxygen atoms in total. The van der Waals surface area contributed by atoms with E-state index in [9.17, 15) is 22.4 Å². The Balaban J connectivity index is 1.39. The third-order valence-corrected chi connectivity index (χ3v) is 6.13. The minimum absolute atomic E-state index is 0.0372. The Morgan fingerprint density at radius 3 is 2.53 bits per heavy atom. The first-order valence-electron chi connectivity index (χ1n) is 10.8. The van der Waals surface area contributed by atoms with Crippen LogP contribution in [0, 0.1) is 24.5 Å². The number of alkyl halides is 2. The topological polar surface area (TPSA) is 41.6 Å². The van der Waals surface area contributed by atoms with Crippen LogP contribution in [-0.2, 0) is 9.53 Å². The van der Waals surface area contributed by atoms with Crippen molar-refractivity contribution >= 4 is 17.3 Å². The van der Waals surface area contributed by atoms with Crippen LogP contribution in [0.2, 0.25) is 0 Å². The Labute approximate surface area is 184 Å². The van der Waals surface area contributed by atoms with Gasteiger partial charge in [0.15, 0.2) is 0 Å². The summed E-state index contributed by atoms with van der Waals surface area (Å²) in [6, 6.07) is 9.41. The van der Waals surface area contributed by atoms with Crippen LogP contribution in [0.5, 0.6) is 0 Å². The van der Waals surface area contributed by atoms with E-state index in [1.165, 1.54) is 18.2 Å². The highest BCUT2D eigenvalue weighted by atomic mass is 19.3. The summed E-state index contributed by atoms with van der Waals surface area (Å²) in [5.74, 6) is -4.36. The predicted octanol–water partition coefficient (Wildman–Crippen LogP) is 5.62. The number of amides is 1. The fourth-order valence-corrected chi connectivity index (χ4v) is 4.42. The van der Waals surface area contributed by atoms with Crippen LogP contribution in [0.25, 0.3) is 0 Å². The Hall–Kier alpha value is -2.61. The first-order valence-corrected chi connectivity index (χ1v) is 10.8. The summed E-state index contributed by atoms with van der Waals surface area (Å²) >= 11 is 0. The molecule has 1 saturated heterocycles. The molecule has 1 saturated carbocycles. The molecule has 172 valence electrons. The number of benzene rings is 2. The summed E-state index contributed by atoms with van der Waals surface area (Å²) in [6.07, 6.45) is -0.126. The van der Waals surface area contributed by atoms with Crippen molar-refractivity contribution in [2.24, 2.45) is 5.92 Å². The number of halogens is 4. The van der Waals surface area contributed by atoms with Gasteiger partial charge in [-0.1, -0.05) is 12.1 Å². The lowest BCUT2D eigenvalue weighted by molar-refractivity contribution is -0.129. The molecule has 1 heterocycles. The first kappa shape index (κ1) is 22.6. The van der Waals surface area contributed by atoms with Crippen molar-refractivity contribution < 1.29 is 27.1 Å². The van der Waals surface area contributed by atoms with E-state index in [1.807, 2.05) is 4.90 Å². The fraction of sp³-hybridized carbons (Fsp3) is 0.458. The van der Waals surface area contributed by atoms with E-state index in [1.54, 1.807) is 25.1 Å². The third-order valence-electron chi connectivity index (χ3n) is 6.13. The summed E-state index contributed by atoms with van der Waals surface area (Å²) in [4.78, 5) is 14.2. The van der Waals surface area contributed by atoms with Crippen molar-refractivity contribution in [1.29, 1.82) is 0 Å². The van der Waals surface area contributed by atoms with Gasteiger partial charge in [-0.25, -0.2) is 17.6 Å². The van der Waals surface area contributed by atoms with Crippen LogP contribution in [-0.4, -0.2) is 31.5 Å². The highest BCUT2D eigenvalue weighted by molar-refractivity contribution is 5.92. The molecule has 4 rings (SSSR count). The largest absolute Gasteiger partial charge is 0.372 e. The molecule has 8 heteroatoms. The number of ether oxygens (including phenoxy) is 1. The SMILES string of the molecule is Cc1cc(N2CCO[C@H](c3ccc(F)cc3)CC2)cc(F)c1NC(=O)CC1CC(F)(F)C1. The first-order chi connectivity index (χ1) is 15.2. The van der Waals surface area contributed by atoms with E-state index in [0.29, 0.717) is 37.4 Å². The Morgan fingerprint density at radius 1 is 1.16 bits per heavy atom. The molecule has 1 N–H and O–H groups in total. The van der Waals surface area contributed by atoms with Crippen molar-refractivity contribution in [2.75, 3.05) is 29.9 Å². The lowest BCUT2D eigenvalue weighted by Crippen LogP contribution is -2.37. The van der Waals surface area contributed by atoms with Crippen molar-refractivity contribution in [3.8, 4) is 0 Å². The average Bonchev–Trinajstić information content (AvgIpc) is 2.96. The van der Waals surface area contributed by atoms with Gasteiger partial charge in [0.25, 0.3) is 0 Å². The van der Waals surface area contributed by atoms with Gasteiger partial charge in [-0.2, -0.15) is 0 Å². The Morgan fingerprint density at radius 2 is 1.88 bits per heavy atom. The normalized spacial score (nSPS) is 21.0. The molecule has 2 aliphatic rings. The highest BCUT2D eigenvalue weighted by Gasteiger charge is 2.45. The number of anilines is 2. The van der Waals surface area contributed by atoms with E-state index in [0.717, 1.165) is 5.56 Å². The number of carbonyl (C=O) groups excluding carboxylic acids is 1. The van der Waals surface area contributed by atoms with Gasteiger partial charge in [0.1, 0.15) is 11.6 Å². The number of nitrogens with one attached hydrogen (secondary N) is 1. The molecule has 1 atom stereocenters. The predicted molar refractivity (Wildman–Crippen MR) is 114 cm³/mol. The molecule has 0 spiro atoms. The maximum atomic E-state index is 14.8. The monoisotopic (exact) mass is 450 g/mol. The van der Waals surface area contributed by atoms with Crippen molar-refractivity contribution in [1.82, 2.24) is 0 Å². The van der Waals surface area contributed by atoms with Crippen molar-refractivity contribution in [3.05, 3.63) is 59.2 Å². The van der Waals surface area contributed by atoms with Gasteiger partial charge >= 0.3 is 0 Å². The maximum absolute atomic E-state index is 14.8. The zero-order chi connectivity index (χ0) is 22.9. The molecule has 1 aliphatic heterocycles.